The summed E-state index contributed by atoms with van der Waals surface area (Å²) < 4.78 is 32.8. The smallest absolute Gasteiger partial charge is 0.244 e. The lowest BCUT2D eigenvalue weighted by atomic mass is 10.1. The van der Waals surface area contributed by atoms with Gasteiger partial charge in [-0.05, 0) is 37.1 Å². The second-order valence-electron chi connectivity index (χ2n) is 4.77. The number of ether oxygens (including phenoxy) is 1. The molecular weight excluding hydrogens is 286 g/mol. The quantitative estimate of drug-likeness (QED) is 0.921. The van der Waals surface area contributed by atoms with Gasteiger partial charge in [0.2, 0.25) is 10.0 Å². The SMILES string of the molecule is CCNS(=O)(=O)c1ccccc1Oc1c(C)cccc1C. The zero-order valence-electron chi connectivity index (χ0n) is 12.4. The Labute approximate surface area is 125 Å². The van der Waals surface area contributed by atoms with Crippen molar-refractivity contribution in [1.29, 1.82) is 0 Å². The molecule has 5 heteroatoms. The first kappa shape index (κ1) is 15.5. The molecular formula is C16H19NO3S. The first-order valence-electron chi connectivity index (χ1n) is 6.78. The topological polar surface area (TPSA) is 55.4 Å². The van der Waals surface area contributed by atoms with Gasteiger partial charge in [0.1, 0.15) is 16.4 Å². The molecule has 0 unspecified atom stereocenters. The molecule has 0 saturated carbocycles. The van der Waals surface area contributed by atoms with Crippen LogP contribution < -0.4 is 9.46 Å². The van der Waals surface area contributed by atoms with E-state index in [4.69, 9.17) is 4.74 Å². The average molecular weight is 305 g/mol. The first-order chi connectivity index (χ1) is 9.95. The van der Waals surface area contributed by atoms with Gasteiger partial charge in [0.05, 0.1) is 0 Å². The van der Waals surface area contributed by atoms with Gasteiger partial charge in [-0.2, -0.15) is 0 Å². The van der Waals surface area contributed by atoms with Crippen molar-refractivity contribution >= 4 is 10.0 Å². The van der Waals surface area contributed by atoms with Crippen LogP contribution in [0.25, 0.3) is 0 Å². The number of hydrogen-bond acceptors (Lipinski definition) is 3. The highest BCUT2D eigenvalue weighted by Crippen LogP contribution is 2.32. The highest BCUT2D eigenvalue weighted by Gasteiger charge is 2.19. The monoisotopic (exact) mass is 305 g/mol. The van der Waals surface area contributed by atoms with E-state index in [0.717, 1.165) is 11.1 Å². The van der Waals surface area contributed by atoms with Gasteiger partial charge in [-0.25, -0.2) is 13.1 Å². The van der Waals surface area contributed by atoms with Gasteiger partial charge >= 0.3 is 0 Å². The molecule has 2 rings (SSSR count). The molecule has 0 aliphatic heterocycles. The van der Waals surface area contributed by atoms with Crippen molar-refractivity contribution in [2.24, 2.45) is 0 Å². The predicted molar refractivity (Wildman–Crippen MR) is 83.3 cm³/mol. The summed E-state index contributed by atoms with van der Waals surface area (Å²) in [5, 5.41) is 0. The molecule has 4 nitrogen and oxygen atoms in total. The standard InChI is InChI=1S/C16H19NO3S/c1-4-17-21(18,19)15-11-6-5-10-14(15)20-16-12(2)8-7-9-13(16)3/h5-11,17H,4H2,1-3H3. The second-order valence-corrected chi connectivity index (χ2v) is 6.51. The molecule has 0 saturated heterocycles. The number of sulfonamides is 1. The third-order valence-corrected chi connectivity index (χ3v) is 4.68. The van der Waals surface area contributed by atoms with Crippen LogP contribution in [0.3, 0.4) is 0 Å². The van der Waals surface area contributed by atoms with Crippen molar-refractivity contribution in [1.82, 2.24) is 4.72 Å². The molecule has 0 radical (unpaired) electrons. The lowest BCUT2D eigenvalue weighted by molar-refractivity contribution is 0.460. The third kappa shape index (κ3) is 3.43. The first-order valence-corrected chi connectivity index (χ1v) is 8.27. The van der Waals surface area contributed by atoms with Crippen LogP contribution in [-0.4, -0.2) is 15.0 Å². The lowest BCUT2D eigenvalue weighted by Gasteiger charge is -2.15. The number of hydrogen-bond donors (Lipinski definition) is 1. The Morgan fingerprint density at radius 2 is 1.62 bits per heavy atom. The van der Waals surface area contributed by atoms with Crippen LogP contribution in [0.5, 0.6) is 11.5 Å². The normalized spacial score (nSPS) is 11.4. The van der Waals surface area contributed by atoms with E-state index < -0.39 is 10.0 Å². The molecule has 21 heavy (non-hydrogen) atoms. The van der Waals surface area contributed by atoms with Crippen LogP contribution in [0.4, 0.5) is 0 Å². The second kappa shape index (κ2) is 6.28. The van der Waals surface area contributed by atoms with Crippen molar-refractivity contribution in [2.75, 3.05) is 6.54 Å². The van der Waals surface area contributed by atoms with E-state index in [0.29, 0.717) is 18.0 Å². The highest BCUT2D eigenvalue weighted by atomic mass is 32.2. The Hall–Kier alpha value is -1.85. The van der Waals surface area contributed by atoms with Gasteiger partial charge < -0.3 is 4.74 Å². The van der Waals surface area contributed by atoms with Gasteiger partial charge in [0.15, 0.2) is 0 Å². The maximum Gasteiger partial charge on any atom is 0.244 e. The van der Waals surface area contributed by atoms with Crippen LogP contribution in [0.15, 0.2) is 47.4 Å². The Bertz CT molecular complexity index is 719. The van der Waals surface area contributed by atoms with Gasteiger partial charge in [0.25, 0.3) is 0 Å². The van der Waals surface area contributed by atoms with Crippen LogP contribution in [0.2, 0.25) is 0 Å². The predicted octanol–water partition coefficient (Wildman–Crippen LogP) is 3.39. The molecule has 2 aromatic rings. The molecule has 0 aromatic heterocycles. The van der Waals surface area contributed by atoms with Crippen LogP contribution in [0.1, 0.15) is 18.1 Å². The Balaban J connectivity index is 2.47. The fraction of sp³-hybridized carbons (Fsp3) is 0.250. The summed E-state index contributed by atoms with van der Waals surface area (Å²) in [4.78, 5) is 0.148. The van der Waals surface area contributed by atoms with E-state index in [1.807, 2.05) is 32.0 Å². The summed E-state index contributed by atoms with van der Waals surface area (Å²) in [5.74, 6) is 1.02. The summed E-state index contributed by atoms with van der Waals surface area (Å²) in [5.41, 5.74) is 1.93. The van der Waals surface area contributed by atoms with Crippen LogP contribution in [0, 0.1) is 13.8 Å². The van der Waals surface area contributed by atoms with E-state index in [2.05, 4.69) is 4.72 Å². The molecule has 112 valence electrons. The fourth-order valence-corrected chi connectivity index (χ4v) is 3.26. The summed E-state index contributed by atoms with van der Waals surface area (Å²) in [6, 6.07) is 12.5. The molecule has 1 N–H and O–H groups in total. The summed E-state index contributed by atoms with van der Waals surface area (Å²) >= 11 is 0. The van der Waals surface area contributed by atoms with E-state index in [1.54, 1.807) is 31.2 Å². The fourth-order valence-electron chi connectivity index (χ4n) is 2.09. The van der Waals surface area contributed by atoms with Crippen molar-refractivity contribution < 1.29 is 13.2 Å². The maximum absolute atomic E-state index is 12.2. The Morgan fingerprint density at radius 1 is 1.00 bits per heavy atom. The molecule has 0 heterocycles. The molecule has 0 aliphatic carbocycles. The number of rotatable bonds is 5. The molecule has 0 aliphatic rings. The van der Waals surface area contributed by atoms with Crippen molar-refractivity contribution in [2.45, 2.75) is 25.7 Å². The maximum atomic E-state index is 12.2. The summed E-state index contributed by atoms with van der Waals surface area (Å²) in [6.45, 7) is 5.94. The largest absolute Gasteiger partial charge is 0.455 e. The summed E-state index contributed by atoms with van der Waals surface area (Å²) in [6.07, 6.45) is 0. The van der Waals surface area contributed by atoms with Crippen molar-refractivity contribution in [3.63, 3.8) is 0 Å². The number of nitrogens with one attached hydrogen (secondary N) is 1. The van der Waals surface area contributed by atoms with E-state index >= 15 is 0 Å². The van der Waals surface area contributed by atoms with Crippen molar-refractivity contribution in [3.05, 3.63) is 53.6 Å². The average Bonchev–Trinajstić information content (AvgIpc) is 2.43. The van der Waals surface area contributed by atoms with Gasteiger partial charge in [-0.3, -0.25) is 0 Å². The van der Waals surface area contributed by atoms with E-state index in [-0.39, 0.29) is 4.90 Å². The number of aryl methyl sites for hydroxylation is 2. The van der Waals surface area contributed by atoms with E-state index in [1.165, 1.54) is 0 Å². The van der Waals surface area contributed by atoms with Gasteiger partial charge in [-0.1, -0.05) is 37.3 Å². The summed E-state index contributed by atoms with van der Waals surface area (Å²) in [7, 11) is -3.56. The van der Waals surface area contributed by atoms with Gasteiger partial charge in [-0.15, -0.1) is 0 Å². The number of benzene rings is 2. The third-order valence-electron chi connectivity index (χ3n) is 3.09. The van der Waals surface area contributed by atoms with E-state index in [9.17, 15) is 8.42 Å². The van der Waals surface area contributed by atoms with Gasteiger partial charge in [0, 0.05) is 6.54 Å². The highest BCUT2D eigenvalue weighted by molar-refractivity contribution is 7.89. The minimum atomic E-state index is -3.56. The number of para-hydroxylation sites is 2. The van der Waals surface area contributed by atoms with Crippen molar-refractivity contribution in [3.8, 4) is 11.5 Å². The Kier molecular flexibility index (Phi) is 4.65. The minimum absolute atomic E-state index is 0.148. The molecule has 2 aromatic carbocycles. The zero-order chi connectivity index (χ0) is 15.5. The zero-order valence-corrected chi connectivity index (χ0v) is 13.2. The molecule has 0 amide bonds. The minimum Gasteiger partial charge on any atom is -0.455 e. The lowest BCUT2D eigenvalue weighted by Crippen LogP contribution is -2.23. The molecule has 0 spiro atoms. The Morgan fingerprint density at radius 3 is 2.24 bits per heavy atom. The molecule has 0 fully saturated rings. The van der Waals surface area contributed by atoms with Crippen LogP contribution >= 0.6 is 0 Å². The van der Waals surface area contributed by atoms with Crippen LogP contribution in [-0.2, 0) is 10.0 Å². The molecule has 0 atom stereocenters. The molecule has 0 bridgehead atoms.